The van der Waals surface area contributed by atoms with Crippen LogP contribution in [0.2, 0.25) is 0 Å². The molecule has 2 aromatic carbocycles. The van der Waals surface area contributed by atoms with Crippen molar-refractivity contribution in [3.8, 4) is 5.75 Å². The minimum absolute atomic E-state index is 0.132. The van der Waals surface area contributed by atoms with Crippen LogP contribution in [0.1, 0.15) is 5.56 Å². The van der Waals surface area contributed by atoms with Crippen molar-refractivity contribution in [1.82, 2.24) is 4.98 Å². The molecule has 0 radical (unpaired) electrons. The quantitative estimate of drug-likeness (QED) is 0.713. The summed E-state index contributed by atoms with van der Waals surface area (Å²) in [5.74, 6) is 0.268. The van der Waals surface area contributed by atoms with Gasteiger partial charge in [-0.1, -0.05) is 33.6 Å². The van der Waals surface area contributed by atoms with Crippen LogP contribution in [0, 0.1) is 6.92 Å². The molecule has 0 spiro atoms. The zero-order valence-corrected chi connectivity index (χ0v) is 13.5. The lowest BCUT2D eigenvalue weighted by molar-refractivity contribution is 0.488. The molecule has 4 nitrogen and oxygen atoms in total. The second-order valence-electron chi connectivity index (χ2n) is 4.70. The Morgan fingerprint density at radius 1 is 1.10 bits per heavy atom. The predicted octanol–water partition coefficient (Wildman–Crippen LogP) is 4.01. The molecule has 0 fully saturated rings. The molecule has 0 aliphatic rings. The summed E-state index contributed by atoms with van der Waals surface area (Å²) < 4.78 is 30.7. The smallest absolute Gasteiger partial charge is 0.339 e. The molecule has 3 aromatic rings. The van der Waals surface area contributed by atoms with Gasteiger partial charge in [-0.2, -0.15) is 8.42 Å². The molecule has 0 atom stereocenters. The molecule has 0 unspecified atom stereocenters. The molecule has 1 N–H and O–H groups in total. The zero-order chi connectivity index (χ0) is 15.0. The van der Waals surface area contributed by atoms with E-state index >= 15 is 0 Å². The van der Waals surface area contributed by atoms with Gasteiger partial charge >= 0.3 is 10.1 Å². The van der Waals surface area contributed by atoms with E-state index in [4.69, 9.17) is 4.18 Å². The highest BCUT2D eigenvalue weighted by molar-refractivity contribution is 9.10. The second-order valence-corrected chi connectivity index (χ2v) is 7.16. The Labute approximate surface area is 131 Å². The molecule has 21 heavy (non-hydrogen) atoms. The predicted molar refractivity (Wildman–Crippen MR) is 85.0 cm³/mol. The fraction of sp³-hybridized carbons (Fsp3) is 0.0667. The minimum atomic E-state index is -3.86. The van der Waals surface area contributed by atoms with Crippen LogP contribution in [0.4, 0.5) is 0 Å². The molecule has 1 heterocycles. The van der Waals surface area contributed by atoms with E-state index in [1.165, 1.54) is 12.1 Å². The maximum atomic E-state index is 12.3. The van der Waals surface area contributed by atoms with Crippen LogP contribution < -0.4 is 4.18 Å². The van der Waals surface area contributed by atoms with Crippen LogP contribution in [0.3, 0.4) is 0 Å². The van der Waals surface area contributed by atoms with E-state index in [-0.39, 0.29) is 10.6 Å². The Hall–Kier alpha value is -1.79. The lowest BCUT2D eigenvalue weighted by Gasteiger charge is -2.09. The van der Waals surface area contributed by atoms with Crippen LogP contribution in [0.25, 0.3) is 10.9 Å². The molecule has 0 saturated carbocycles. The molecule has 0 aliphatic heterocycles. The lowest BCUT2D eigenvalue weighted by atomic mass is 10.2. The fourth-order valence-electron chi connectivity index (χ4n) is 2.04. The third-order valence-electron chi connectivity index (χ3n) is 3.10. The van der Waals surface area contributed by atoms with E-state index < -0.39 is 10.1 Å². The third-order valence-corrected chi connectivity index (χ3v) is 4.80. The van der Waals surface area contributed by atoms with Gasteiger partial charge in [0.05, 0.1) is 5.52 Å². The number of rotatable bonds is 3. The molecular formula is C15H12BrNO3S. The van der Waals surface area contributed by atoms with Gasteiger partial charge in [-0.25, -0.2) is 0 Å². The highest BCUT2D eigenvalue weighted by atomic mass is 79.9. The van der Waals surface area contributed by atoms with Gasteiger partial charge in [0.2, 0.25) is 0 Å². The van der Waals surface area contributed by atoms with Crippen LogP contribution in [-0.2, 0) is 10.1 Å². The van der Waals surface area contributed by atoms with Gasteiger partial charge < -0.3 is 9.17 Å². The molecular weight excluding hydrogens is 354 g/mol. The number of hydrogen-bond donors (Lipinski definition) is 1. The summed E-state index contributed by atoms with van der Waals surface area (Å²) in [6.45, 7) is 1.90. The van der Waals surface area contributed by atoms with Crippen LogP contribution in [0.15, 0.2) is 58.0 Å². The second kappa shape index (κ2) is 5.20. The summed E-state index contributed by atoms with van der Waals surface area (Å²) in [4.78, 5) is 3.12. The first-order valence-corrected chi connectivity index (χ1v) is 8.44. The van der Waals surface area contributed by atoms with Crippen molar-refractivity contribution in [3.63, 3.8) is 0 Å². The maximum Gasteiger partial charge on any atom is 0.339 e. The number of benzene rings is 2. The summed E-state index contributed by atoms with van der Waals surface area (Å²) in [5.41, 5.74) is 1.64. The summed E-state index contributed by atoms with van der Waals surface area (Å²) >= 11 is 3.35. The number of hydrogen-bond acceptors (Lipinski definition) is 3. The van der Waals surface area contributed by atoms with E-state index in [2.05, 4.69) is 20.9 Å². The van der Waals surface area contributed by atoms with Crippen molar-refractivity contribution in [2.75, 3.05) is 0 Å². The number of aromatic amines is 1. The number of H-pyrrole nitrogens is 1. The Kier molecular flexibility index (Phi) is 3.51. The number of fused-ring (bicyclic) bond motifs is 1. The molecule has 108 valence electrons. The summed E-state index contributed by atoms with van der Waals surface area (Å²) in [7, 11) is -3.86. The van der Waals surface area contributed by atoms with Crippen molar-refractivity contribution in [2.24, 2.45) is 0 Å². The minimum Gasteiger partial charge on any atom is -0.377 e. The van der Waals surface area contributed by atoms with Crippen LogP contribution in [0.5, 0.6) is 5.75 Å². The van der Waals surface area contributed by atoms with Gasteiger partial charge in [0.25, 0.3) is 0 Å². The number of halogens is 1. The van der Waals surface area contributed by atoms with Crippen LogP contribution in [-0.4, -0.2) is 13.4 Å². The Morgan fingerprint density at radius 3 is 2.52 bits per heavy atom. The van der Waals surface area contributed by atoms with Gasteiger partial charge in [-0.05, 0) is 37.3 Å². The standard InChI is InChI=1S/C15H12BrNO3S/c1-10-2-4-13(5-3-10)21(18,19)20-14-9-12(16)8-11-6-7-17-15(11)14/h2-9,17H,1H3. The summed E-state index contributed by atoms with van der Waals surface area (Å²) in [6.07, 6.45) is 1.74. The van der Waals surface area contributed by atoms with Crippen molar-refractivity contribution in [2.45, 2.75) is 11.8 Å². The molecule has 3 rings (SSSR count). The van der Waals surface area contributed by atoms with Gasteiger partial charge in [0.1, 0.15) is 4.90 Å². The Bertz CT molecular complexity index is 898. The molecule has 0 saturated heterocycles. The van der Waals surface area contributed by atoms with Crippen molar-refractivity contribution in [1.29, 1.82) is 0 Å². The number of aryl methyl sites for hydroxylation is 1. The average Bonchev–Trinajstić information content (AvgIpc) is 2.87. The Morgan fingerprint density at radius 2 is 1.81 bits per heavy atom. The van der Waals surface area contributed by atoms with E-state index in [0.717, 1.165) is 15.4 Å². The van der Waals surface area contributed by atoms with Gasteiger partial charge in [-0.15, -0.1) is 0 Å². The first-order valence-electron chi connectivity index (χ1n) is 6.23. The van der Waals surface area contributed by atoms with E-state index in [1.54, 1.807) is 24.4 Å². The topological polar surface area (TPSA) is 59.2 Å². The van der Waals surface area contributed by atoms with Gasteiger partial charge in [0.15, 0.2) is 5.75 Å². The van der Waals surface area contributed by atoms with Crippen LogP contribution >= 0.6 is 15.9 Å². The normalized spacial score (nSPS) is 11.7. The third kappa shape index (κ3) is 2.82. The molecule has 6 heteroatoms. The number of aromatic nitrogens is 1. The molecule has 0 amide bonds. The largest absolute Gasteiger partial charge is 0.377 e. The molecule has 1 aromatic heterocycles. The molecule has 0 aliphatic carbocycles. The van der Waals surface area contributed by atoms with Gasteiger partial charge in [0, 0.05) is 16.1 Å². The molecule has 0 bridgehead atoms. The lowest BCUT2D eigenvalue weighted by Crippen LogP contribution is -2.10. The van der Waals surface area contributed by atoms with Gasteiger partial charge in [-0.3, -0.25) is 0 Å². The van der Waals surface area contributed by atoms with E-state index in [0.29, 0.717) is 5.52 Å². The first kappa shape index (κ1) is 14.2. The summed E-state index contributed by atoms with van der Waals surface area (Å²) in [5, 5.41) is 0.874. The van der Waals surface area contributed by atoms with Crippen molar-refractivity contribution >= 4 is 37.0 Å². The first-order chi connectivity index (χ1) is 9.95. The van der Waals surface area contributed by atoms with Crippen molar-refractivity contribution in [3.05, 3.63) is 58.7 Å². The highest BCUT2D eigenvalue weighted by Crippen LogP contribution is 2.31. The fourth-order valence-corrected chi connectivity index (χ4v) is 3.43. The highest BCUT2D eigenvalue weighted by Gasteiger charge is 2.18. The van der Waals surface area contributed by atoms with Crippen molar-refractivity contribution < 1.29 is 12.6 Å². The SMILES string of the molecule is Cc1ccc(S(=O)(=O)Oc2cc(Br)cc3cc[nH]c23)cc1. The van der Waals surface area contributed by atoms with E-state index in [1.807, 2.05) is 19.1 Å². The monoisotopic (exact) mass is 365 g/mol. The Balaban J connectivity index is 2.05. The summed E-state index contributed by atoms with van der Waals surface area (Å²) in [6, 6.07) is 11.9. The zero-order valence-electron chi connectivity index (χ0n) is 11.1. The average molecular weight is 366 g/mol. The van der Waals surface area contributed by atoms with E-state index in [9.17, 15) is 8.42 Å². The number of nitrogens with one attached hydrogen (secondary N) is 1. The maximum absolute atomic E-state index is 12.3.